The summed E-state index contributed by atoms with van der Waals surface area (Å²) in [5.74, 6) is 0.458. The number of nitro groups is 1. The number of carbonyl (C=O) groups excluding carboxylic acids is 1. The third-order valence-corrected chi connectivity index (χ3v) is 2.45. The molecule has 9 heteroatoms. The van der Waals surface area contributed by atoms with Crippen LogP contribution in [0.4, 0.5) is 11.5 Å². The highest BCUT2D eigenvalue weighted by Gasteiger charge is 2.19. The van der Waals surface area contributed by atoms with Crippen LogP contribution < -0.4 is 5.32 Å². The van der Waals surface area contributed by atoms with Gasteiger partial charge in [0.2, 0.25) is 5.91 Å². The Labute approximate surface area is 107 Å². The molecule has 0 aliphatic heterocycles. The number of anilines is 1. The van der Waals surface area contributed by atoms with Crippen LogP contribution in [0.3, 0.4) is 0 Å². The Morgan fingerprint density at radius 3 is 2.89 bits per heavy atom. The van der Waals surface area contributed by atoms with Gasteiger partial charge in [0, 0.05) is 6.07 Å². The first-order valence-electron chi connectivity index (χ1n) is 5.40. The molecule has 0 aliphatic carbocycles. The first-order chi connectivity index (χ1) is 8.97. The molecule has 0 fully saturated rings. The lowest BCUT2D eigenvalue weighted by molar-refractivity contribution is -0.385. The minimum absolute atomic E-state index is 0.170. The van der Waals surface area contributed by atoms with Crippen LogP contribution in [0.5, 0.6) is 0 Å². The Morgan fingerprint density at radius 2 is 2.37 bits per heavy atom. The van der Waals surface area contributed by atoms with Crippen LogP contribution in [-0.2, 0) is 4.79 Å². The Bertz CT molecular complexity index is 617. The first-order valence-corrected chi connectivity index (χ1v) is 5.40. The van der Waals surface area contributed by atoms with Gasteiger partial charge in [0.05, 0.1) is 4.92 Å². The molecule has 2 aromatic heterocycles. The van der Waals surface area contributed by atoms with E-state index in [0.29, 0.717) is 5.76 Å². The van der Waals surface area contributed by atoms with Crippen molar-refractivity contribution in [1.82, 2.24) is 14.9 Å². The van der Waals surface area contributed by atoms with Gasteiger partial charge in [0.15, 0.2) is 5.82 Å². The maximum atomic E-state index is 11.9. The highest BCUT2D eigenvalue weighted by Crippen LogP contribution is 2.15. The molecule has 2 rings (SSSR count). The lowest BCUT2D eigenvalue weighted by atomic mass is 10.3. The van der Waals surface area contributed by atoms with E-state index in [1.54, 1.807) is 19.9 Å². The van der Waals surface area contributed by atoms with Gasteiger partial charge in [-0.05, 0) is 13.8 Å². The molecule has 2 heterocycles. The maximum Gasteiger partial charge on any atom is 0.307 e. The highest BCUT2D eigenvalue weighted by atomic mass is 16.6. The molecule has 1 N–H and O–H groups in total. The second kappa shape index (κ2) is 4.88. The molecule has 0 saturated heterocycles. The molecular formula is C10H11N5O4. The van der Waals surface area contributed by atoms with E-state index in [9.17, 15) is 14.9 Å². The van der Waals surface area contributed by atoms with Gasteiger partial charge in [0.1, 0.15) is 24.2 Å². The fourth-order valence-electron chi connectivity index (χ4n) is 1.41. The summed E-state index contributed by atoms with van der Waals surface area (Å²) in [7, 11) is 0. The largest absolute Gasteiger partial charge is 0.360 e. The van der Waals surface area contributed by atoms with Crippen LogP contribution in [0.15, 0.2) is 23.0 Å². The van der Waals surface area contributed by atoms with Crippen LogP contribution in [0.2, 0.25) is 0 Å². The van der Waals surface area contributed by atoms with Crippen LogP contribution >= 0.6 is 0 Å². The van der Waals surface area contributed by atoms with Gasteiger partial charge >= 0.3 is 5.69 Å². The molecule has 0 aromatic carbocycles. The zero-order chi connectivity index (χ0) is 14.0. The average Bonchev–Trinajstić information content (AvgIpc) is 2.97. The van der Waals surface area contributed by atoms with Crippen LogP contribution in [-0.4, -0.2) is 25.8 Å². The van der Waals surface area contributed by atoms with E-state index < -0.39 is 16.9 Å². The standard InChI is InChI=1S/C10H11N5O4/c1-6-3-9(13-19-6)12-10(16)7(2)14-5-8(4-11-14)15(17)18/h3-5,7H,1-2H3,(H,12,13,16). The first kappa shape index (κ1) is 12.7. The second-order valence-electron chi connectivity index (χ2n) is 3.92. The zero-order valence-corrected chi connectivity index (χ0v) is 10.2. The summed E-state index contributed by atoms with van der Waals surface area (Å²) in [5.41, 5.74) is -0.170. The van der Waals surface area contributed by atoms with Gasteiger partial charge in [-0.25, -0.2) is 0 Å². The number of hydrogen-bond donors (Lipinski definition) is 1. The number of hydrogen-bond acceptors (Lipinski definition) is 6. The van der Waals surface area contributed by atoms with Gasteiger partial charge in [-0.1, -0.05) is 5.16 Å². The molecule has 1 amide bonds. The van der Waals surface area contributed by atoms with Crippen molar-refractivity contribution in [3.8, 4) is 0 Å². The summed E-state index contributed by atoms with van der Waals surface area (Å²) in [5, 5.41) is 20.5. The fourth-order valence-corrected chi connectivity index (χ4v) is 1.41. The lowest BCUT2D eigenvalue weighted by Crippen LogP contribution is -2.24. The number of amides is 1. The lowest BCUT2D eigenvalue weighted by Gasteiger charge is -2.10. The van der Waals surface area contributed by atoms with Gasteiger partial charge in [-0.2, -0.15) is 5.10 Å². The topological polar surface area (TPSA) is 116 Å². The van der Waals surface area contributed by atoms with Crippen molar-refractivity contribution in [3.05, 3.63) is 34.3 Å². The molecule has 2 aromatic rings. The van der Waals surface area contributed by atoms with Crippen molar-refractivity contribution in [3.63, 3.8) is 0 Å². The molecule has 100 valence electrons. The van der Waals surface area contributed by atoms with Crippen molar-refractivity contribution in [1.29, 1.82) is 0 Å². The SMILES string of the molecule is Cc1cc(NC(=O)C(C)n2cc([N+](=O)[O-])cn2)no1. The molecule has 0 saturated carbocycles. The summed E-state index contributed by atoms with van der Waals surface area (Å²) in [6, 6.07) is 0.863. The zero-order valence-electron chi connectivity index (χ0n) is 10.2. The van der Waals surface area contributed by atoms with E-state index in [-0.39, 0.29) is 11.5 Å². The number of aromatic nitrogens is 3. The average molecular weight is 265 g/mol. The number of rotatable bonds is 4. The minimum Gasteiger partial charge on any atom is -0.360 e. The van der Waals surface area contributed by atoms with Crippen LogP contribution in [0.1, 0.15) is 18.7 Å². The molecule has 9 nitrogen and oxygen atoms in total. The molecule has 0 radical (unpaired) electrons. The smallest absolute Gasteiger partial charge is 0.307 e. The van der Waals surface area contributed by atoms with Gasteiger partial charge in [-0.15, -0.1) is 0 Å². The van der Waals surface area contributed by atoms with E-state index in [0.717, 1.165) is 6.20 Å². The fraction of sp³-hybridized carbons (Fsp3) is 0.300. The Balaban J connectivity index is 2.07. The van der Waals surface area contributed by atoms with Crippen LogP contribution in [0, 0.1) is 17.0 Å². The van der Waals surface area contributed by atoms with Crippen molar-refractivity contribution >= 4 is 17.4 Å². The van der Waals surface area contributed by atoms with E-state index in [1.807, 2.05) is 0 Å². The normalized spacial score (nSPS) is 12.1. The quantitative estimate of drug-likeness (QED) is 0.657. The predicted octanol–water partition coefficient (Wildman–Crippen LogP) is 1.29. The summed E-state index contributed by atoms with van der Waals surface area (Å²) >= 11 is 0. The molecule has 0 aliphatic rings. The molecule has 0 spiro atoms. The summed E-state index contributed by atoms with van der Waals surface area (Å²) < 4.78 is 6.02. The number of nitrogens with one attached hydrogen (secondary N) is 1. The van der Waals surface area contributed by atoms with E-state index in [2.05, 4.69) is 15.6 Å². The van der Waals surface area contributed by atoms with Crippen LogP contribution in [0.25, 0.3) is 0 Å². The summed E-state index contributed by atoms with van der Waals surface area (Å²) in [6.45, 7) is 3.27. The third-order valence-electron chi connectivity index (χ3n) is 2.45. The monoisotopic (exact) mass is 265 g/mol. The Hall–Kier alpha value is -2.71. The molecule has 19 heavy (non-hydrogen) atoms. The van der Waals surface area contributed by atoms with Crippen molar-refractivity contribution in [2.45, 2.75) is 19.9 Å². The van der Waals surface area contributed by atoms with Gasteiger partial charge in [0.25, 0.3) is 0 Å². The highest BCUT2D eigenvalue weighted by molar-refractivity contribution is 5.92. The summed E-state index contributed by atoms with van der Waals surface area (Å²) in [4.78, 5) is 21.8. The number of nitrogens with zero attached hydrogens (tertiary/aromatic N) is 4. The Kier molecular flexibility index (Phi) is 3.27. The van der Waals surface area contributed by atoms with Crippen molar-refractivity contribution < 1.29 is 14.2 Å². The third kappa shape index (κ3) is 2.76. The van der Waals surface area contributed by atoms with Crippen molar-refractivity contribution in [2.75, 3.05) is 5.32 Å². The number of aryl methyl sites for hydroxylation is 1. The summed E-state index contributed by atoms with van der Waals surface area (Å²) in [6.07, 6.45) is 2.28. The number of carbonyl (C=O) groups is 1. The molecule has 0 bridgehead atoms. The van der Waals surface area contributed by atoms with E-state index in [4.69, 9.17) is 4.52 Å². The Morgan fingerprint density at radius 1 is 1.63 bits per heavy atom. The van der Waals surface area contributed by atoms with Gasteiger partial charge in [-0.3, -0.25) is 19.6 Å². The predicted molar refractivity (Wildman–Crippen MR) is 63.5 cm³/mol. The molecule has 1 atom stereocenters. The van der Waals surface area contributed by atoms with Gasteiger partial charge < -0.3 is 9.84 Å². The molecule has 1 unspecified atom stereocenters. The molecular weight excluding hydrogens is 254 g/mol. The maximum absolute atomic E-state index is 11.9. The van der Waals surface area contributed by atoms with E-state index in [1.165, 1.54) is 10.9 Å². The van der Waals surface area contributed by atoms with Crippen molar-refractivity contribution in [2.24, 2.45) is 0 Å². The second-order valence-corrected chi connectivity index (χ2v) is 3.92. The minimum atomic E-state index is -0.703. The van der Waals surface area contributed by atoms with E-state index >= 15 is 0 Å².